The zero-order valence-electron chi connectivity index (χ0n) is 18.9. The molecule has 6 rings (SSSR count). The van der Waals surface area contributed by atoms with E-state index in [-0.39, 0.29) is 12.1 Å². The van der Waals surface area contributed by atoms with Crippen molar-refractivity contribution in [2.24, 2.45) is 0 Å². The molecule has 2 atom stereocenters. The maximum atomic E-state index is 6.71. The Kier molecular flexibility index (Phi) is 4.54. The molecule has 6 heteroatoms. The molecule has 1 N–H and O–H groups in total. The standard InChI is InChI=1S/C27H25N5O/c1-16(2)18-7-9-19(10-8-18)26-23-24(21-13-17(3)6-11-22(21)33-26)31-27-29-15-30-32(27)25(23)20-5-4-12-28-14-20/h4-16,25-26H,1-3H3,(H,29,30,31)/t25-,26+/m0/s1. The normalized spacial score (nSPS) is 18.8. The molecular formula is C27H25N5O. The maximum absolute atomic E-state index is 6.71. The van der Waals surface area contributed by atoms with E-state index in [1.807, 2.05) is 16.9 Å². The number of hydrogen-bond donors (Lipinski definition) is 1. The number of benzene rings is 2. The second kappa shape index (κ2) is 7.59. The van der Waals surface area contributed by atoms with E-state index in [1.165, 1.54) is 11.1 Å². The first-order valence-corrected chi connectivity index (χ1v) is 11.3. The van der Waals surface area contributed by atoms with Crippen molar-refractivity contribution in [1.29, 1.82) is 0 Å². The predicted octanol–water partition coefficient (Wildman–Crippen LogP) is 5.66. The van der Waals surface area contributed by atoms with Gasteiger partial charge in [0.25, 0.3) is 0 Å². The highest BCUT2D eigenvalue weighted by atomic mass is 16.5. The summed E-state index contributed by atoms with van der Waals surface area (Å²) in [6.45, 7) is 6.52. The lowest BCUT2D eigenvalue weighted by Crippen LogP contribution is -2.32. The highest BCUT2D eigenvalue weighted by Crippen LogP contribution is 2.50. The van der Waals surface area contributed by atoms with Crippen LogP contribution in [-0.2, 0) is 0 Å². The van der Waals surface area contributed by atoms with Crippen LogP contribution in [0.3, 0.4) is 0 Å². The summed E-state index contributed by atoms with van der Waals surface area (Å²) in [5.74, 6) is 2.05. The first-order valence-electron chi connectivity index (χ1n) is 11.3. The number of nitrogens with one attached hydrogen (secondary N) is 1. The van der Waals surface area contributed by atoms with Crippen LogP contribution >= 0.6 is 0 Å². The molecule has 33 heavy (non-hydrogen) atoms. The fraction of sp³-hybridized carbons (Fsp3) is 0.222. The average Bonchev–Trinajstić information content (AvgIpc) is 3.31. The molecule has 0 unspecified atom stereocenters. The van der Waals surface area contributed by atoms with Crippen molar-refractivity contribution >= 4 is 11.6 Å². The van der Waals surface area contributed by atoms with Crippen LogP contribution in [0.5, 0.6) is 5.75 Å². The van der Waals surface area contributed by atoms with E-state index in [1.54, 1.807) is 12.5 Å². The van der Waals surface area contributed by atoms with Gasteiger partial charge >= 0.3 is 0 Å². The van der Waals surface area contributed by atoms with Crippen LogP contribution in [0.1, 0.15) is 59.7 Å². The Morgan fingerprint density at radius 2 is 1.88 bits per heavy atom. The van der Waals surface area contributed by atoms with E-state index >= 15 is 0 Å². The highest BCUT2D eigenvalue weighted by Gasteiger charge is 2.41. The van der Waals surface area contributed by atoms with Gasteiger partial charge in [0.15, 0.2) is 0 Å². The molecule has 0 radical (unpaired) electrons. The smallest absolute Gasteiger partial charge is 0.226 e. The topological polar surface area (TPSA) is 64.9 Å². The molecule has 6 nitrogen and oxygen atoms in total. The van der Waals surface area contributed by atoms with Crippen molar-refractivity contribution in [3.63, 3.8) is 0 Å². The molecule has 0 saturated carbocycles. The van der Waals surface area contributed by atoms with Gasteiger partial charge in [-0.1, -0.05) is 55.8 Å². The van der Waals surface area contributed by atoms with Gasteiger partial charge in [0.2, 0.25) is 5.95 Å². The van der Waals surface area contributed by atoms with Gasteiger partial charge in [-0.2, -0.15) is 10.1 Å². The van der Waals surface area contributed by atoms with Crippen LogP contribution in [0.2, 0.25) is 0 Å². The second-order valence-electron chi connectivity index (χ2n) is 8.99. The Balaban J connectivity index is 1.59. The van der Waals surface area contributed by atoms with E-state index in [9.17, 15) is 0 Å². The molecule has 2 aromatic heterocycles. The summed E-state index contributed by atoms with van der Waals surface area (Å²) in [5.41, 5.74) is 7.82. The Morgan fingerprint density at radius 1 is 1.03 bits per heavy atom. The minimum absolute atomic E-state index is 0.184. The van der Waals surface area contributed by atoms with Crippen molar-refractivity contribution in [2.75, 3.05) is 5.32 Å². The molecule has 0 aliphatic carbocycles. The molecule has 0 bridgehead atoms. The second-order valence-corrected chi connectivity index (χ2v) is 8.99. The molecule has 0 fully saturated rings. The fourth-order valence-corrected chi connectivity index (χ4v) is 4.77. The first kappa shape index (κ1) is 19.7. The van der Waals surface area contributed by atoms with Gasteiger partial charge in [-0.05, 0) is 47.7 Å². The van der Waals surface area contributed by atoms with E-state index in [4.69, 9.17) is 4.74 Å². The van der Waals surface area contributed by atoms with Gasteiger partial charge in [0.05, 0.1) is 5.70 Å². The van der Waals surface area contributed by atoms with Crippen molar-refractivity contribution < 1.29 is 4.74 Å². The van der Waals surface area contributed by atoms with Gasteiger partial charge in [-0.3, -0.25) is 4.98 Å². The van der Waals surface area contributed by atoms with Gasteiger partial charge in [0, 0.05) is 23.5 Å². The lowest BCUT2D eigenvalue weighted by Gasteiger charge is -2.39. The third-order valence-electron chi connectivity index (χ3n) is 6.48. The summed E-state index contributed by atoms with van der Waals surface area (Å²) < 4.78 is 8.63. The molecular weight excluding hydrogens is 410 g/mol. The fourth-order valence-electron chi connectivity index (χ4n) is 4.77. The predicted molar refractivity (Wildman–Crippen MR) is 128 cm³/mol. The van der Waals surface area contributed by atoms with Crippen molar-refractivity contribution in [1.82, 2.24) is 19.7 Å². The van der Waals surface area contributed by atoms with Crippen molar-refractivity contribution in [3.8, 4) is 5.75 Å². The third-order valence-corrected chi connectivity index (χ3v) is 6.48. The summed E-state index contributed by atoms with van der Waals surface area (Å²) in [6, 6.07) is 18.9. The van der Waals surface area contributed by atoms with E-state index in [2.05, 4.69) is 89.7 Å². The van der Waals surface area contributed by atoms with Crippen LogP contribution in [0, 0.1) is 6.92 Å². The van der Waals surface area contributed by atoms with E-state index < -0.39 is 0 Å². The summed E-state index contributed by atoms with van der Waals surface area (Å²) in [6.07, 6.45) is 5.01. The number of aromatic nitrogens is 4. The summed E-state index contributed by atoms with van der Waals surface area (Å²) in [5, 5.41) is 8.13. The van der Waals surface area contributed by atoms with Crippen LogP contribution in [0.4, 0.5) is 5.95 Å². The van der Waals surface area contributed by atoms with E-state index in [0.29, 0.717) is 11.9 Å². The third kappa shape index (κ3) is 3.21. The molecule has 2 aromatic carbocycles. The van der Waals surface area contributed by atoms with Crippen LogP contribution in [-0.4, -0.2) is 19.7 Å². The number of nitrogens with zero attached hydrogens (tertiary/aromatic N) is 4. The largest absolute Gasteiger partial charge is 0.480 e. The van der Waals surface area contributed by atoms with Crippen molar-refractivity contribution in [2.45, 2.75) is 38.8 Å². The van der Waals surface area contributed by atoms with Gasteiger partial charge in [-0.25, -0.2) is 4.68 Å². The molecule has 4 heterocycles. The minimum atomic E-state index is -0.272. The Labute approximate surface area is 193 Å². The number of aryl methyl sites for hydroxylation is 1. The average molecular weight is 436 g/mol. The van der Waals surface area contributed by atoms with Gasteiger partial charge < -0.3 is 10.1 Å². The number of fused-ring (bicyclic) bond motifs is 3. The lowest BCUT2D eigenvalue weighted by molar-refractivity contribution is 0.223. The summed E-state index contributed by atoms with van der Waals surface area (Å²) in [7, 11) is 0. The monoisotopic (exact) mass is 435 g/mol. The molecule has 2 aliphatic heterocycles. The number of hydrogen-bond acceptors (Lipinski definition) is 5. The summed E-state index contributed by atoms with van der Waals surface area (Å²) in [4.78, 5) is 8.89. The quantitative estimate of drug-likeness (QED) is 0.449. The number of pyridine rings is 1. The minimum Gasteiger partial charge on any atom is -0.480 e. The van der Waals surface area contributed by atoms with Crippen molar-refractivity contribution in [3.05, 3.63) is 107 Å². The first-order chi connectivity index (χ1) is 16.1. The highest BCUT2D eigenvalue weighted by molar-refractivity contribution is 5.85. The SMILES string of the molecule is Cc1ccc2c(c1)C1=C([C@H](c3cccnc3)n3ncnc3N1)[C@@H](c1ccc(C(C)C)cc1)O2. The van der Waals surface area contributed by atoms with Crippen LogP contribution in [0.15, 0.2) is 78.9 Å². The molecule has 0 amide bonds. The van der Waals surface area contributed by atoms with Gasteiger partial charge in [-0.15, -0.1) is 0 Å². The molecule has 164 valence electrons. The number of anilines is 1. The summed E-state index contributed by atoms with van der Waals surface area (Å²) >= 11 is 0. The number of ether oxygens (including phenoxy) is 1. The molecule has 2 aliphatic rings. The molecule has 0 spiro atoms. The number of rotatable bonds is 3. The Bertz CT molecular complexity index is 1360. The van der Waals surface area contributed by atoms with Crippen LogP contribution in [0.25, 0.3) is 5.70 Å². The van der Waals surface area contributed by atoms with E-state index in [0.717, 1.165) is 33.7 Å². The van der Waals surface area contributed by atoms with Crippen LogP contribution < -0.4 is 10.1 Å². The lowest BCUT2D eigenvalue weighted by atomic mass is 9.84. The molecule has 0 saturated heterocycles. The Morgan fingerprint density at radius 3 is 2.64 bits per heavy atom. The molecule has 4 aromatic rings. The zero-order valence-corrected chi connectivity index (χ0v) is 18.9. The Hall–Kier alpha value is -3.93. The maximum Gasteiger partial charge on any atom is 0.226 e. The van der Waals surface area contributed by atoms with Gasteiger partial charge in [0.1, 0.15) is 24.2 Å². The zero-order chi connectivity index (χ0) is 22.5.